The van der Waals surface area contributed by atoms with E-state index in [2.05, 4.69) is 20.9 Å². The standard InChI is InChI=1S/C13H9BrN2O5/c1-7-4-10(16(19)20)12(15-6-7)21-11-5-8(14)2-3-9(11)13(17)18/h2-6H,1H3,(H,17,18). The fourth-order valence-electron chi connectivity index (χ4n) is 1.61. The molecule has 0 aliphatic carbocycles. The molecule has 0 amide bonds. The van der Waals surface area contributed by atoms with Crippen LogP contribution in [0, 0.1) is 17.0 Å². The fourth-order valence-corrected chi connectivity index (χ4v) is 1.95. The maximum atomic E-state index is 11.1. The number of hydrogen-bond acceptors (Lipinski definition) is 5. The predicted octanol–water partition coefficient (Wildman–Crippen LogP) is 3.55. The van der Waals surface area contributed by atoms with Gasteiger partial charge in [0.1, 0.15) is 11.3 Å². The number of aromatic carboxylic acids is 1. The van der Waals surface area contributed by atoms with E-state index in [1.54, 1.807) is 6.92 Å². The molecule has 0 spiro atoms. The molecule has 108 valence electrons. The van der Waals surface area contributed by atoms with Crippen molar-refractivity contribution in [1.29, 1.82) is 0 Å². The molecule has 0 unspecified atom stereocenters. The Morgan fingerprint density at radius 3 is 2.76 bits per heavy atom. The van der Waals surface area contributed by atoms with E-state index in [4.69, 9.17) is 9.84 Å². The Morgan fingerprint density at radius 2 is 2.14 bits per heavy atom. The first-order valence-corrected chi connectivity index (χ1v) is 6.49. The quantitative estimate of drug-likeness (QED) is 0.666. The molecule has 0 bridgehead atoms. The van der Waals surface area contributed by atoms with E-state index in [9.17, 15) is 14.9 Å². The Morgan fingerprint density at radius 1 is 1.43 bits per heavy atom. The monoisotopic (exact) mass is 352 g/mol. The molecule has 0 saturated carbocycles. The van der Waals surface area contributed by atoms with Gasteiger partial charge in [-0.1, -0.05) is 15.9 Å². The molecule has 0 aliphatic heterocycles. The fraction of sp³-hybridized carbons (Fsp3) is 0.0769. The topological polar surface area (TPSA) is 103 Å². The third kappa shape index (κ3) is 3.34. The van der Waals surface area contributed by atoms with Crippen LogP contribution < -0.4 is 4.74 Å². The summed E-state index contributed by atoms with van der Waals surface area (Å²) in [5.41, 5.74) is 0.155. The highest BCUT2D eigenvalue weighted by atomic mass is 79.9. The van der Waals surface area contributed by atoms with Gasteiger partial charge in [-0.3, -0.25) is 10.1 Å². The summed E-state index contributed by atoms with van der Waals surface area (Å²) in [5.74, 6) is -1.49. The van der Waals surface area contributed by atoms with Crippen LogP contribution in [-0.2, 0) is 0 Å². The minimum absolute atomic E-state index is 0.0312. The second-order valence-corrected chi connectivity index (χ2v) is 5.06. The first-order valence-electron chi connectivity index (χ1n) is 5.70. The van der Waals surface area contributed by atoms with Crippen molar-refractivity contribution in [2.75, 3.05) is 0 Å². The van der Waals surface area contributed by atoms with Crippen LogP contribution in [0.15, 0.2) is 34.9 Å². The lowest BCUT2D eigenvalue weighted by Gasteiger charge is -2.09. The van der Waals surface area contributed by atoms with Gasteiger partial charge in [0.15, 0.2) is 0 Å². The third-order valence-electron chi connectivity index (χ3n) is 2.55. The third-order valence-corrected chi connectivity index (χ3v) is 3.04. The van der Waals surface area contributed by atoms with Gasteiger partial charge in [-0.2, -0.15) is 0 Å². The van der Waals surface area contributed by atoms with E-state index < -0.39 is 10.9 Å². The predicted molar refractivity (Wildman–Crippen MR) is 76.8 cm³/mol. The van der Waals surface area contributed by atoms with Crippen LogP contribution in [0.4, 0.5) is 5.69 Å². The van der Waals surface area contributed by atoms with Crippen molar-refractivity contribution in [1.82, 2.24) is 4.98 Å². The SMILES string of the molecule is Cc1cnc(Oc2cc(Br)ccc2C(=O)O)c([N+](=O)[O-])c1. The second-order valence-electron chi connectivity index (χ2n) is 4.14. The maximum absolute atomic E-state index is 11.1. The van der Waals surface area contributed by atoms with E-state index >= 15 is 0 Å². The number of halogens is 1. The summed E-state index contributed by atoms with van der Waals surface area (Å²) < 4.78 is 5.92. The number of ether oxygens (including phenoxy) is 1. The Hall–Kier alpha value is -2.48. The number of rotatable bonds is 4. The molecular formula is C13H9BrN2O5. The average Bonchev–Trinajstić information content (AvgIpc) is 2.40. The molecule has 0 fully saturated rings. The van der Waals surface area contributed by atoms with E-state index in [-0.39, 0.29) is 22.9 Å². The number of aromatic nitrogens is 1. The summed E-state index contributed by atoms with van der Waals surface area (Å²) in [4.78, 5) is 25.4. The summed E-state index contributed by atoms with van der Waals surface area (Å²) in [6, 6.07) is 5.59. The zero-order valence-corrected chi connectivity index (χ0v) is 12.3. The van der Waals surface area contributed by atoms with Gasteiger partial charge in [0.2, 0.25) is 0 Å². The lowest BCUT2D eigenvalue weighted by atomic mass is 10.2. The summed E-state index contributed by atoms with van der Waals surface area (Å²) in [6.45, 7) is 1.66. The second kappa shape index (κ2) is 5.88. The average molecular weight is 353 g/mol. The zero-order valence-electron chi connectivity index (χ0n) is 10.7. The Balaban J connectivity index is 2.50. The van der Waals surface area contributed by atoms with E-state index in [1.807, 2.05) is 0 Å². The molecule has 8 heteroatoms. The molecule has 0 aliphatic rings. The smallest absolute Gasteiger partial charge is 0.339 e. The van der Waals surface area contributed by atoms with Crippen LogP contribution in [0.2, 0.25) is 0 Å². The molecule has 0 radical (unpaired) electrons. The molecule has 1 aromatic carbocycles. The minimum atomic E-state index is -1.20. The minimum Gasteiger partial charge on any atom is -0.478 e. The highest BCUT2D eigenvalue weighted by Crippen LogP contribution is 2.33. The van der Waals surface area contributed by atoms with Gasteiger partial charge >= 0.3 is 11.7 Å². The van der Waals surface area contributed by atoms with Crippen molar-refractivity contribution in [2.24, 2.45) is 0 Å². The summed E-state index contributed by atoms with van der Waals surface area (Å²) in [7, 11) is 0. The molecule has 2 rings (SSSR count). The van der Waals surface area contributed by atoms with Gasteiger partial charge in [0, 0.05) is 16.7 Å². The highest BCUT2D eigenvalue weighted by molar-refractivity contribution is 9.10. The Labute approximate surface area is 127 Å². The van der Waals surface area contributed by atoms with Crippen LogP contribution in [0.3, 0.4) is 0 Å². The Bertz CT molecular complexity index is 732. The lowest BCUT2D eigenvalue weighted by Crippen LogP contribution is -2.02. The summed E-state index contributed by atoms with van der Waals surface area (Å²) in [5, 5.41) is 20.1. The van der Waals surface area contributed by atoms with Gasteiger partial charge in [0.05, 0.1) is 4.92 Å². The van der Waals surface area contributed by atoms with E-state index in [1.165, 1.54) is 30.5 Å². The van der Waals surface area contributed by atoms with Crippen LogP contribution in [0.25, 0.3) is 0 Å². The molecule has 1 heterocycles. The van der Waals surface area contributed by atoms with Crippen LogP contribution in [0.1, 0.15) is 15.9 Å². The number of nitro groups is 1. The van der Waals surface area contributed by atoms with Gasteiger partial charge in [-0.25, -0.2) is 9.78 Å². The van der Waals surface area contributed by atoms with Crippen LogP contribution in [-0.4, -0.2) is 21.0 Å². The number of carbonyl (C=O) groups is 1. The lowest BCUT2D eigenvalue weighted by molar-refractivity contribution is -0.386. The number of carboxylic acid groups (broad SMARTS) is 1. The number of hydrogen-bond donors (Lipinski definition) is 1. The molecule has 21 heavy (non-hydrogen) atoms. The van der Waals surface area contributed by atoms with Gasteiger partial charge < -0.3 is 9.84 Å². The maximum Gasteiger partial charge on any atom is 0.339 e. The number of aryl methyl sites for hydroxylation is 1. The number of carboxylic acids is 1. The molecular weight excluding hydrogens is 344 g/mol. The Kier molecular flexibility index (Phi) is 4.18. The van der Waals surface area contributed by atoms with Crippen molar-refractivity contribution in [3.05, 3.63) is 56.2 Å². The molecule has 7 nitrogen and oxygen atoms in total. The van der Waals surface area contributed by atoms with Crippen molar-refractivity contribution in [3.63, 3.8) is 0 Å². The van der Waals surface area contributed by atoms with Crippen molar-refractivity contribution >= 4 is 27.6 Å². The van der Waals surface area contributed by atoms with E-state index in [0.29, 0.717) is 10.0 Å². The molecule has 2 aromatic rings. The molecule has 1 aromatic heterocycles. The van der Waals surface area contributed by atoms with Crippen molar-refractivity contribution in [2.45, 2.75) is 6.92 Å². The first-order chi connectivity index (χ1) is 9.88. The van der Waals surface area contributed by atoms with Gasteiger partial charge in [-0.15, -0.1) is 0 Å². The highest BCUT2D eigenvalue weighted by Gasteiger charge is 2.20. The number of nitrogens with zero attached hydrogens (tertiary/aromatic N) is 2. The van der Waals surface area contributed by atoms with E-state index in [0.717, 1.165) is 0 Å². The van der Waals surface area contributed by atoms with Gasteiger partial charge in [0.25, 0.3) is 5.88 Å². The van der Waals surface area contributed by atoms with Gasteiger partial charge in [-0.05, 0) is 30.7 Å². The van der Waals surface area contributed by atoms with Crippen molar-refractivity contribution in [3.8, 4) is 11.6 Å². The summed E-state index contributed by atoms with van der Waals surface area (Å²) >= 11 is 3.19. The van der Waals surface area contributed by atoms with Crippen molar-refractivity contribution < 1.29 is 19.6 Å². The zero-order chi connectivity index (χ0) is 15.6. The van der Waals surface area contributed by atoms with Crippen LogP contribution >= 0.6 is 15.9 Å². The first kappa shape index (κ1) is 14.9. The molecule has 0 saturated heterocycles. The normalized spacial score (nSPS) is 10.2. The van der Waals surface area contributed by atoms with Crippen LogP contribution in [0.5, 0.6) is 11.6 Å². The largest absolute Gasteiger partial charge is 0.478 e. The molecule has 1 N–H and O–H groups in total. The summed E-state index contributed by atoms with van der Waals surface area (Å²) in [6.07, 6.45) is 1.40. The number of pyridine rings is 1. The number of benzene rings is 1. The molecule has 0 atom stereocenters.